The van der Waals surface area contributed by atoms with Gasteiger partial charge in [-0.05, 0) is 43.4 Å². The zero-order valence-electron chi connectivity index (χ0n) is 11.6. The average Bonchev–Trinajstić information content (AvgIpc) is 2.84. The van der Waals surface area contributed by atoms with Gasteiger partial charge in [-0.15, -0.1) is 0 Å². The van der Waals surface area contributed by atoms with Gasteiger partial charge in [0.15, 0.2) is 0 Å². The monoisotopic (exact) mass is 262 g/mol. The molecule has 1 fully saturated rings. The molecule has 1 aliphatic carbocycles. The van der Waals surface area contributed by atoms with Crippen LogP contribution in [0.5, 0.6) is 5.75 Å². The molecule has 0 N–H and O–H groups in total. The molecule has 0 bridgehead atoms. The van der Waals surface area contributed by atoms with Crippen molar-refractivity contribution < 1.29 is 14.3 Å². The highest BCUT2D eigenvalue weighted by Gasteiger charge is 2.23. The molecule has 1 aromatic carbocycles. The van der Waals surface area contributed by atoms with E-state index < -0.39 is 0 Å². The van der Waals surface area contributed by atoms with Crippen LogP contribution in [0.1, 0.15) is 31.2 Å². The van der Waals surface area contributed by atoms with Crippen LogP contribution in [0, 0.1) is 5.92 Å². The van der Waals surface area contributed by atoms with Crippen molar-refractivity contribution in [1.82, 2.24) is 0 Å². The quantitative estimate of drug-likeness (QED) is 0.757. The average molecular weight is 262 g/mol. The number of ether oxygens (including phenoxy) is 2. The Morgan fingerprint density at radius 3 is 2.63 bits per heavy atom. The lowest BCUT2D eigenvalue weighted by molar-refractivity contribution is -0.121. The molecule has 1 unspecified atom stereocenters. The first-order chi connectivity index (χ1) is 9.29. The Morgan fingerprint density at radius 1 is 1.21 bits per heavy atom. The van der Waals surface area contributed by atoms with Crippen molar-refractivity contribution in [1.29, 1.82) is 0 Å². The Kier molecular flexibility index (Phi) is 5.40. The van der Waals surface area contributed by atoms with Crippen LogP contribution in [-0.4, -0.2) is 26.1 Å². The van der Waals surface area contributed by atoms with Gasteiger partial charge >= 0.3 is 0 Å². The first-order valence-electron chi connectivity index (χ1n) is 7.03. The van der Waals surface area contributed by atoms with Crippen LogP contribution in [0.3, 0.4) is 0 Å². The van der Waals surface area contributed by atoms with E-state index in [9.17, 15) is 4.79 Å². The van der Waals surface area contributed by atoms with Gasteiger partial charge in [0.25, 0.3) is 0 Å². The first kappa shape index (κ1) is 14.1. The molecule has 0 spiro atoms. The van der Waals surface area contributed by atoms with Crippen molar-refractivity contribution in [2.75, 3.05) is 20.3 Å². The van der Waals surface area contributed by atoms with Crippen LogP contribution < -0.4 is 4.74 Å². The molecular weight excluding hydrogens is 240 g/mol. The van der Waals surface area contributed by atoms with E-state index in [0.29, 0.717) is 12.4 Å². The van der Waals surface area contributed by atoms with Crippen molar-refractivity contribution in [3.05, 3.63) is 29.8 Å². The molecule has 104 valence electrons. The number of carbonyl (C=O) groups is 1. The number of methoxy groups -OCH3 is 1. The summed E-state index contributed by atoms with van der Waals surface area (Å²) in [5.74, 6) is 1.53. The van der Waals surface area contributed by atoms with Crippen molar-refractivity contribution in [3.63, 3.8) is 0 Å². The summed E-state index contributed by atoms with van der Waals surface area (Å²) in [4.78, 5) is 11.5. The first-order valence-corrected chi connectivity index (χ1v) is 7.03. The number of hydrogen-bond acceptors (Lipinski definition) is 3. The number of carbonyl (C=O) groups excluding carboxylic acids is 1. The molecule has 0 radical (unpaired) electrons. The van der Waals surface area contributed by atoms with Gasteiger partial charge in [-0.25, -0.2) is 0 Å². The van der Waals surface area contributed by atoms with Gasteiger partial charge in [0.05, 0.1) is 13.2 Å². The highest BCUT2D eigenvalue weighted by atomic mass is 16.5. The summed E-state index contributed by atoms with van der Waals surface area (Å²) in [6, 6.07) is 8.10. The summed E-state index contributed by atoms with van der Waals surface area (Å²) in [5.41, 5.74) is 1.25. The molecule has 0 saturated heterocycles. The SMILES string of the molecule is COCCc1ccc(OCCC2CCCC2=O)cc1. The van der Waals surface area contributed by atoms with E-state index in [1.54, 1.807) is 7.11 Å². The second-order valence-electron chi connectivity index (χ2n) is 5.08. The van der Waals surface area contributed by atoms with Gasteiger partial charge in [-0.1, -0.05) is 12.1 Å². The standard InChI is InChI=1S/C16H22O3/c1-18-11-9-13-5-7-15(8-6-13)19-12-10-14-3-2-4-16(14)17/h5-8,14H,2-4,9-12H2,1H3. The van der Waals surface area contributed by atoms with Crippen LogP contribution >= 0.6 is 0 Å². The van der Waals surface area contributed by atoms with E-state index in [0.717, 1.165) is 44.5 Å². The minimum absolute atomic E-state index is 0.237. The van der Waals surface area contributed by atoms with Crippen LogP contribution in [0.25, 0.3) is 0 Å². The van der Waals surface area contributed by atoms with E-state index in [1.165, 1.54) is 5.56 Å². The van der Waals surface area contributed by atoms with E-state index in [-0.39, 0.29) is 5.92 Å². The van der Waals surface area contributed by atoms with Gasteiger partial charge in [0.2, 0.25) is 0 Å². The fourth-order valence-electron chi connectivity index (χ4n) is 2.48. The third-order valence-electron chi connectivity index (χ3n) is 3.68. The topological polar surface area (TPSA) is 35.5 Å². The third kappa shape index (κ3) is 4.35. The molecule has 1 aliphatic rings. The van der Waals surface area contributed by atoms with Crippen LogP contribution in [0.4, 0.5) is 0 Å². The molecule has 0 amide bonds. The molecular formula is C16H22O3. The Hall–Kier alpha value is -1.35. The molecule has 1 atom stereocenters. The van der Waals surface area contributed by atoms with Crippen LogP contribution in [-0.2, 0) is 16.0 Å². The van der Waals surface area contributed by atoms with Gasteiger partial charge in [0, 0.05) is 19.4 Å². The van der Waals surface area contributed by atoms with E-state index in [4.69, 9.17) is 9.47 Å². The van der Waals surface area contributed by atoms with Crippen molar-refractivity contribution >= 4 is 5.78 Å². The van der Waals surface area contributed by atoms with Crippen molar-refractivity contribution in [2.24, 2.45) is 5.92 Å². The lowest BCUT2D eigenvalue weighted by atomic mass is 10.0. The summed E-state index contributed by atoms with van der Waals surface area (Å²) < 4.78 is 10.7. The molecule has 0 aliphatic heterocycles. The largest absolute Gasteiger partial charge is 0.494 e. The predicted molar refractivity (Wildman–Crippen MR) is 74.5 cm³/mol. The minimum atomic E-state index is 0.237. The van der Waals surface area contributed by atoms with Gasteiger partial charge in [0.1, 0.15) is 11.5 Å². The Balaban J connectivity index is 1.72. The van der Waals surface area contributed by atoms with Crippen molar-refractivity contribution in [3.8, 4) is 5.75 Å². The predicted octanol–water partition coefficient (Wildman–Crippen LogP) is 3.01. The highest BCUT2D eigenvalue weighted by molar-refractivity contribution is 5.82. The molecule has 3 heteroatoms. The summed E-state index contributed by atoms with van der Waals surface area (Å²) in [6.45, 7) is 1.37. The maximum atomic E-state index is 11.5. The molecule has 0 heterocycles. The van der Waals surface area contributed by atoms with Gasteiger partial charge in [-0.2, -0.15) is 0 Å². The number of Topliss-reactive ketones (excluding diaryl/α,β-unsaturated/α-hetero) is 1. The molecule has 1 saturated carbocycles. The molecule has 0 aromatic heterocycles. The second kappa shape index (κ2) is 7.29. The van der Waals surface area contributed by atoms with Gasteiger partial charge < -0.3 is 9.47 Å². The van der Waals surface area contributed by atoms with E-state index in [2.05, 4.69) is 12.1 Å². The van der Waals surface area contributed by atoms with Gasteiger partial charge in [-0.3, -0.25) is 4.79 Å². The van der Waals surface area contributed by atoms with E-state index in [1.807, 2.05) is 12.1 Å². The summed E-state index contributed by atoms with van der Waals surface area (Å²) >= 11 is 0. The second-order valence-corrected chi connectivity index (χ2v) is 5.08. The summed E-state index contributed by atoms with van der Waals surface area (Å²) in [5, 5.41) is 0. The van der Waals surface area contributed by atoms with Crippen LogP contribution in [0.2, 0.25) is 0 Å². The molecule has 19 heavy (non-hydrogen) atoms. The van der Waals surface area contributed by atoms with E-state index >= 15 is 0 Å². The lowest BCUT2D eigenvalue weighted by Crippen LogP contribution is -2.11. The molecule has 1 aromatic rings. The number of rotatable bonds is 7. The normalized spacial score (nSPS) is 18.8. The highest BCUT2D eigenvalue weighted by Crippen LogP contribution is 2.24. The maximum Gasteiger partial charge on any atom is 0.136 e. The third-order valence-corrected chi connectivity index (χ3v) is 3.68. The zero-order valence-corrected chi connectivity index (χ0v) is 11.6. The minimum Gasteiger partial charge on any atom is -0.494 e. The zero-order chi connectivity index (χ0) is 13.5. The summed E-state index contributed by atoms with van der Waals surface area (Å²) in [7, 11) is 1.71. The smallest absolute Gasteiger partial charge is 0.136 e. The Bertz CT molecular complexity index is 397. The number of benzene rings is 1. The van der Waals surface area contributed by atoms with Crippen molar-refractivity contribution in [2.45, 2.75) is 32.1 Å². The van der Waals surface area contributed by atoms with Crippen LogP contribution in [0.15, 0.2) is 24.3 Å². The summed E-state index contributed by atoms with van der Waals surface area (Å²) in [6.07, 6.45) is 4.63. The fraction of sp³-hybridized carbons (Fsp3) is 0.562. The molecule has 2 rings (SSSR count). The molecule has 3 nitrogen and oxygen atoms in total. The number of ketones is 1. The Labute approximate surface area is 114 Å². The Morgan fingerprint density at radius 2 is 2.00 bits per heavy atom. The number of hydrogen-bond donors (Lipinski definition) is 0. The maximum absolute atomic E-state index is 11.5. The lowest BCUT2D eigenvalue weighted by Gasteiger charge is -2.10. The fourth-order valence-corrected chi connectivity index (χ4v) is 2.48.